The molecule has 2 aliphatic rings. The summed E-state index contributed by atoms with van der Waals surface area (Å²) in [4.78, 5) is 0. The highest BCUT2D eigenvalue weighted by Crippen LogP contribution is 2.37. The zero-order chi connectivity index (χ0) is 20.5. The van der Waals surface area contributed by atoms with E-state index in [2.05, 4.69) is 67.2 Å². The molecule has 0 atom stereocenters. The summed E-state index contributed by atoms with van der Waals surface area (Å²) in [6.45, 7) is 2.27. The maximum atomic E-state index is 2.51. The van der Waals surface area contributed by atoms with Crippen LogP contribution in [0.2, 0.25) is 0 Å². The topological polar surface area (TPSA) is 3.88 Å². The van der Waals surface area contributed by atoms with Crippen molar-refractivity contribution in [2.24, 2.45) is 13.0 Å². The molecule has 0 aliphatic heterocycles. The predicted octanol–water partition coefficient (Wildman–Crippen LogP) is 7.42. The molecule has 2 fully saturated rings. The second-order valence-electron chi connectivity index (χ2n) is 9.96. The highest BCUT2D eigenvalue weighted by atomic mass is 14.9. The van der Waals surface area contributed by atoms with Gasteiger partial charge < -0.3 is 0 Å². The van der Waals surface area contributed by atoms with Crippen molar-refractivity contribution in [3.8, 4) is 11.3 Å². The molecule has 2 aromatic carbocycles. The molecule has 1 nitrogen and oxygen atoms in total. The summed E-state index contributed by atoms with van der Waals surface area (Å²) in [6, 6.07) is 16.8. The van der Waals surface area contributed by atoms with Crippen LogP contribution in [0.15, 0.2) is 48.7 Å². The van der Waals surface area contributed by atoms with Gasteiger partial charge in [0.25, 0.3) is 0 Å². The van der Waals surface area contributed by atoms with E-state index in [0.717, 1.165) is 11.8 Å². The molecule has 0 spiro atoms. The zero-order valence-corrected chi connectivity index (χ0v) is 18.8. The number of hydrogen-bond donors (Lipinski definition) is 0. The Kier molecular flexibility index (Phi) is 5.63. The molecular formula is C29H36N+. The minimum Gasteiger partial charge on any atom is -0.200 e. The number of aromatic nitrogens is 1. The van der Waals surface area contributed by atoms with Gasteiger partial charge in [0.2, 0.25) is 5.69 Å². The normalized spacial score (nSPS) is 18.3. The number of fused-ring (bicyclic) bond motifs is 1. The number of pyridine rings is 1. The highest BCUT2D eigenvalue weighted by Gasteiger charge is 2.22. The molecule has 3 aromatic rings. The Morgan fingerprint density at radius 3 is 2.40 bits per heavy atom. The Hall–Kier alpha value is -2.15. The van der Waals surface area contributed by atoms with Crippen LogP contribution in [0, 0.1) is 12.8 Å². The second-order valence-corrected chi connectivity index (χ2v) is 9.96. The van der Waals surface area contributed by atoms with Gasteiger partial charge in [0, 0.05) is 11.6 Å². The third-order valence-corrected chi connectivity index (χ3v) is 7.79. The molecule has 1 heterocycles. The third kappa shape index (κ3) is 3.92. The van der Waals surface area contributed by atoms with Crippen LogP contribution in [-0.2, 0) is 13.5 Å². The lowest BCUT2D eigenvalue weighted by Crippen LogP contribution is -2.30. The third-order valence-electron chi connectivity index (χ3n) is 7.79. The van der Waals surface area contributed by atoms with Crippen molar-refractivity contribution in [3.05, 3.63) is 65.4 Å². The average Bonchev–Trinajstić information content (AvgIpc) is 3.28. The minimum absolute atomic E-state index is 0.747. The Labute approximate surface area is 182 Å². The molecule has 0 bridgehead atoms. The standard InChI is InChI=1S/C29H36N/c1-21-12-14-25(24-10-4-3-5-11-24)20-28(21)29-27-15-13-23(18-22-8-6-7-9-22)19-26(27)16-17-30(29)2/h12-17,19-20,22,24H,3-11,18H2,1-2H3/q+1. The molecule has 2 saturated carbocycles. The Morgan fingerprint density at radius 1 is 0.833 bits per heavy atom. The van der Waals surface area contributed by atoms with Gasteiger partial charge in [0.15, 0.2) is 6.20 Å². The smallest absolute Gasteiger partial charge is 0.200 e. The lowest BCUT2D eigenvalue weighted by molar-refractivity contribution is -0.659. The molecule has 2 aliphatic carbocycles. The lowest BCUT2D eigenvalue weighted by Gasteiger charge is -2.23. The molecular weight excluding hydrogens is 362 g/mol. The van der Waals surface area contributed by atoms with E-state index in [4.69, 9.17) is 0 Å². The van der Waals surface area contributed by atoms with Crippen molar-refractivity contribution in [1.29, 1.82) is 0 Å². The number of benzene rings is 2. The van der Waals surface area contributed by atoms with Gasteiger partial charge in [-0.1, -0.05) is 69.2 Å². The minimum atomic E-state index is 0.747. The van der Waals surface area contributed by atoms with Gasteiger partial charge in [0.05, 0.1) is 5.39 Å². The fourth-order valence-corrected chi connectivity index (χ4v) is 6.02. The van der Waals surface area contributed by atoms with E-state index in [1.54, 1.807) is 5.56 Å². The summed E-state index contributed by atoms with van der Waals surface area (Å²) in [5.41, 5.74) is 7.23. The van der Waals surface area contributed by atoms with Crippen molar-refractivity contribution in [2.45, 2.75) is 77.0 Å². The van der Waals surface area contributed by atoms with Crippen LogP contribution in [0.5, 0.6) is 0 Å². The summed E-state index contributed by atoms with van der Waals surface area (Å²) < 4.78 is 2.33. The first-order chi connectivity index (χ1) is 14.7. The highest BCUT2D eigenvalue weighted by molar-refractivity contribution is 5.94. The van der Waals surface area contributed by atoms with Crippen molar-refractivity contribution in [2.75, 3.05) is 0 Å². The van der Waals surface area contributed by atoms with Crippen LogP contribution in [0.3, 0.4) is 0 Å². The fourth-order valence-electron chi connectivity index (χ4n) is 6.02. The van der Waals surface area contributed by atoms with Crippen LogP contribution in [0.25, 0.3) is 22.0 Å². The number of nitrogens with zero attached hydrogens (tertiary/aromatic N) is 1. The molecule has 0 amide bonds. The summed E-state index contributed by atoms with van der Waals surface area (Å²) in [7, 11) is 2.20. The Balaban J connectivity index is 1.55. The van der Waals surface area contributed by atoms with Crippen molar-refractivity contribution >= 4 is 10.8 Å². The molecule has 156 valence electrons. The molecule has 1 heteroatoms. The first kappa shape index (κ1) is 19.8. The molecule has 0 radical (unpaired) electrons. The van der Waals surface area contributed by atoms with Crippen LogP contribution in [-0.4, -0.2) is 0 Å². The van der Waals surface area contributed by atoms with Gasteiger partial charge in [-0.05, 0) is 72.2 Å². The molecule has 0 N–H and O–H groups in total. The summed E-state index contributed by atoms with van der Waals surface area (Å²) in [6.07, 6.45) is 16.1. The molecule has 5 rings (SSSR count). The SMILES string of the molecule is Cc1ccc(C2CCCCC2)cc1-c1c2ccc(CC3CCCC3)cc2cc[n+]1C. The Bertz CT molecular complexity index is 1040. The maximum Gasteiger partial charge on any atom is 0.220 e. The summed E-state index contributed by atoms with van der Waals surface area (Å²) >= 11 is 0. The fraction of sp³-hybridized carbons (Fsp3) is 0.483. The quantitative estimate of drug-likeness (QED) is 0.403. The zero-order valence-electron chi connectivity index (χ0n) is 18.8. The maximum absolute atomic E-state index is 2.51. The van der Waals surface area contributed by atoms with Crippen molar-refractivity contribution in [3.63, 3.8) is 0 Å². The van der Waals surface area contributed by atoms with Gasteiger partial charge in [-0.15, -0.1) is 0 Å². The summed E-state index contributed by atoms with van der Waals surface area (Å²) in [5, 5.41) is 2.78. The van der Waals surface area contributed by atoms with Gasteiger partial charge in [0.1, 0.15) is 7.05 Å². The van der Waals surface area contributed by atoms with Gasteiger partial charge >= 0.3 is 0 Å². The number of hydrogen-bond acceptors (Lipinski definition) is 0. The van der Waals surface area contributed by atoms with Gasteiger partial charge in [-0.2, -0.15) is 0 Å². The van der Waals surface area contributed by atoms with E-state index < -0.39 is 0 Å². The number of aryl methyl sites for hydroxylation is 2. The monoisotopic (exact) mass is 398 g/mol. The lowest BCUT2D eigenvalue weighted by atomic mass is 9.82. The van der Waals surface area contributed by atoms with Crippen LogP contribution < -0.4 is 4.57 Å². The first-order valence-electron chi connectivity index (χ1n) is 12.2. The van der Waals surface area contributed by atoms with Crippen molar-refractivity contribution < 1.29 is 4.57 Å². The largest absolute Gasteiger partial charge is 0.220 e. The second kappa shape index (κ2) is 8.53. The Morgan fingerprint density at radius 2 is 1.60 bits per heavy atom. The van der Waals surface area contributed by atoms with Crippen LogP contribution in [0.1, 0.15) is 80.4 Å². The molecule has 0 saturated heterocycles. The van der Waals surface area contributed by atoms with E-state index in [1.807, 2.05) is 0 Å². The van der Waals surface area contributed by atoms with E-state index in [0.29, 0.717) is 0 Å². The first-order valence-corrected chi connectivity index (χ1v) is 12.2. The van der Waals surface area contributed by atoms with E-state index >= 15 is 0 Å². The predicted molar refractivity (Wildman–Crippen MR) is 127 cm³/mol. The van der Waals surface area contributed by atoms with Crippen LogP contribution in [0.4, 0.5) is 0 Å². The molecule has 0 unspecified atom stereocenters. The summed E-state index contributed by atoms with van der Waals surface area (Å²) in [5.74, 6) is 1.65. The van der Waals surface area contributed by atoms with Gasteiger partial charge in [-0.3, -0.25) is 0 Å². The van der Waals surface area contributed by atoms with Crippen molar-refractivity contribution in [1.82, 2.24) is 0 Å². The van der Waals surface area contributed by atoms with E-state index in [9.17, 15) is 0 Å². The average molecular weight is 399 g/mol. The van der Waals surface area contributed by atoms with Gasteiger partial charge in [-0.25, -0.2) is 4.57 Å². The van der Waals surface area contributed by atoms with E-state index in [1.165, 1.54) is 97.4 Å². The molecule has 30 heavy (non-hydrogen) atoms. The molecule has 1 aromatic heterocycles. The number of rotatable bonds is 4. The van der Waals surface area contributed by atoms with Crippen LogP contribution >= 0.6 is 0 Å². The van der Waals surface area contributed by atoms with E-state index in [-0.39, 0.29) is 0 Å².